The van der Waals surface area contributed by atoms with Gasteiger partial charge in [-0.25, -0.2) is 9.37 Å². The number of benzene rings is 3. The van der Waals surface area contributed by atoms with Crippen molar-refractivity contribution in [2.45, 2.75) is 20.5 Å². The molecule has 1 N–H and O–H groups in total. The molecule has 0 unspecified atom stereocenters. The highest BCUT2D eigenvalue weighted by molar-refractivity contribution is 6.04. The first-order valence-electron chi connectivity index (χ1n) is 9.81. The minimum atomic E-state index is -0.408. The number of rotatable bonds is 6. The number of ether oxygens (including phenoxy) is 1. The average molecular weight is 416 g/mol. The van der Waals surface area contributed by atoms with Gasteiger partial charge in [-0.1, -0.05) is 23.8 Å². The highest BCUT2D eigenvalue weighted by Crippen LogP contribution is 2.24. The molecule has 3 aromatic carbocycles. The standard InChI is InChI=1S/C25H21FN2O3/c1-16-6-12-22(13-7-16)30-15-23-17(2)31-25(28-23)19-10-8-18(9-11-19)24(29)27-21-5-3-4-20(26)14-21/h3-14H,15H2,1-2H3,(H,27,29). The number of hydrogen-bond acceptors (Lipinski definition) is 4. The SMILES string of the molecule is Cc1ccc(OCc2nc(-c3ccc(C(=O)Nc4cccc(F)c4)cc3)oc2C)cc1. The Kier molecular flexibility index (Phi) is 5.80. The van der Waals surface area contributed by atoms with Gasteiger partial charge in [0.2, 0.25) is 5.89 Å². The van der Waals surface area contributed by atoms with Crippen molar-refractivity contribution in [2.24, 2.45) is 0 Å². The van der Waals surface area contributed by atoms with Crippen LogP contribution in [0.3, 0.4) is 0 Å². The minimum absolute atomic E-state index is 0.298. The number of amides is 1. The van der Waals surface area contributed by atoms with E-state index in [2.05, 4.69) is 10.3 Å². The van der Waals surface area contributed by atoms with E-state index >= 15 is 0 Å². The van der Waals surface area contributed by atoms with Crippen LogP contribution in [0.5, 0.6) is 5.75 Å². The maximum atomic E-state index is 13.3. The summed E-state index contributed by atoms with van der Waals surface area (Å²) in [5.74, 6) is 1.16. The van der Waals surface area contributed by atoms with Gasteiger partial charge in [0, 0.05) is 16.8 Å². The zero-order valence-corrected chi connectivity index (χ0v) is 17.2. The molecule has 0 fully saturated rings. The largest absolute Gasteiger partial charge is 0.487 e. The van der Waals surface area contributed by atoms with Crippen molar-refractivity contribution in [1.29, 1.82) is 0 Å². The molecule has 0 aliphatic heterocycles. The van der Waals surface area contributed by atoms with Crippen molar-refractivity contribution in [3.05, 3.63) is 101 Å². The summed E-state index contributed by atoms with van der Waals surface area (Å²) in [5, 5.41) is 2.67. The highest BCUT2D eigenvalue weighted by Gasteiger charge is 2.13. The fourth-order valence-corrected chi connectivity index (χ4v) is 3.01. The van der Waals surface area contributed by atoms with Gasteiger partial charge in [-0.3, -0.25) is 4.79 Å². The molecule has 156 valence electrons. The molecule has 31 heavy (non-hydrogen) atoms. The number of anilines is 1. The van der Waals surface area contributed by atoms with Gasteiger partial charge in [-0.2, -0.15) is 0 Å². The van der Waals surface area contributed by atoms with Crippen molar-refractivity contribution in [3.8, 4) is 17.2 Å². The number of carbonyl (C=O) groups excluding carboxylic acids is 1. The van der Waals surface area contributed by atoms with E-state index in [1.165, 1.54) is 17.7 Å². The first-order valence-corrected chi connectivity index (χ1v) is 9.81. The number of halogens is 1. The van der Waals surface area contributed by atoms with Crippen LogP contribution in [0.15, 0.2) is 77.2 Å². The van der Waals surface area contributed by atoms with Crippen LogP contribution in [0.4, 0.5) is 10.1 Å². The summed E-state index contributed by atoms with van der Waals surface area (Å²) >= 11 is 0. The molecule has 0 aliphatic carbocycles. The van der Waals surface area contributed by atoms with Crippen molar-refractivity contribution >= 4 is 11.6 Å². The second-order valence-corrected chi connectivity index (χ2v) is 7.17. The molecular weight excluding hydrogens is 395 g/mol. The predicted molar refractivity (Wildman–Crippen MR) is 117 cm³/mol. The maximum Gasteiger partial charge on any atom is 0.255 e. The lowest BCUT2D eigenvalue weighted by molar-refractivity contribution is 0.102. The lowest BCUT2D eigenvalue weighted by Gasteiger charge is -2.05. The molecule has 4 rings (SSSR count). The normalized spacial score (nSPS) is 10.7. The molecule has 4 aromatic rings. The van der Waals surface area contributed by atoms with Crippen molar-refractivity contribution in [3.63, 3.8) is 0 Å². The van der Waals surface area contributed by atoms with Crippen LogP contribution in [-0.4, -0.2) is 10.9 Å². The molecule has 0 bridgehead atoms. The third-order valence-electron chi connectivity index (χ3n) is 4.77. The van der Waals surface area contributed by atoms with Crippen molar-refractivity contribution in [2.75, 3.05) is 5.32 Å². The second kappa shape index (κ2) is 8.83. The van der Waals surface area contributed by atoms with E-state index in [-0.39, 0.29) is 5.91 Å². The van der Waals surface area contributed by atoms with Crippen molar-refractivity contribution in [1.82, 2.24) is 4.98 Å². The van der Waals surface area contributed by atoms with Gasteiger partial charge in [-0.15, -0.1) is 0 Å². The fraction of sp³-hybridized carbons (Fsp3) is 0.120. The van der Waals surface area contributed by atoms with E-state index in [1.54, 1.807) is 36.4 Å². The van der Waals surface area contributed by atoms with Crippen LogP contribution in [0.25, 0.3) is 11.5 Å². The first-order chi connectivity index (χ1) is 15.0. The monoisotopic (exact) mass is 416 g/mol. The summed E-state index contributed by atoms with van der Waals surface area (Å²) in [6.45, 7) is 4.16. The molecular formula is C25H21FN2O3. The molecule has 1 amide bonds. The lowest BCUT2D eigenvalue weighted by atomic mass is 10.1. The van der Waals surface area contributed by atoms with Gasteiger partial charge in [0.05, 0.1) is 0 Å². The Labute approximate surface area is 179 Å². The molecule has 1 aromatic heterocycles. The van der Waals surface area contributed by atoms with E-state index < -0.39 is 5.82 Å². The number of carbonyl (C=O) groups is 1. The average Bonchev–Trinajstić information content (AvgIpc) is 3.14. The van der Waals surface area contributed by atoms with E-state index in [9.17, 15) is 9.18 Å². The molecule has 0 atom stereocenters. The molecule has 0 saturated heterocycles. The summed E-state index contributed by atoms with van der Waals surface area (Å²) in [4.78, 5) is 16.9. The zero-order chi connectivity index (χ0) is 21.8. The second-order valence-electron chi connectivity index (χ2n) is 7.17. The van der Waals surface area contributed by atoms with Crippen LogP contribution >= 0.6 is 0 Å². The topological polar surface area (TPSA) is 64.4 Å². The molecule has 6 heteroatoms. The van der Waals surface area contributed by atoms with Gasteiger partial charge in [0.15, 0.2) is 0 Å². The molecule has 5 nitrogen and oxygen atoms in total. The molecule has 0 radical (unpaired) electrons. The smallest absolute Gasteiger partial charge is 0.255 e. The quantitative estimate of drug-likeness (QED) is 0.423. The Bertz CT molecular complexity index is 1200. The lowest BCUT2D eigenvalue weighted by Crippen LogP contribution is -2.11. The third-order valence-corrected chi connectivity index (χ3v) is 4.77. The number of aryl methyl sites for hydroxylation is 2. The summed E-state index contributed by atoms with van der Waals surface area (Å²) in [6.07, 6.45) is 0. The van der Waals surface area contributed by atoms with Gasteiger partial charge in [0.1, 0.15) is 29.6 Å². The molecule has 1 heterocycles. The number of aromatic nitrogens is 1. The van der Waals surface area contributed by atoms with Crippen molar-refractivity contribution < 1.29 is 18.3 Å². The maximum absolute atomic E-state index is 13.3. The van der Waals surface area contributed by atoms with Gasteiger partial charge >= 0.3 is 0 Å². The van der Waals surface area contributed by atoms with E-state index in [0.717, 1.165) is 11.3 Å². The zero-order valence-electron chi connectivity index (χ0n) is 17.2. The van der Waals surface area contributed by atoms with Crippen LogP contribution in [0.1, 0.15) is 27.4 Å². The highest BCUT2D eigenvalue weighted by atomic mass is 19.1. The van der Waals surface area contributed by atoms with Crippen LogP contribution in [-0.2, 0) is 6.61 Å². The minimum Gasteiger partial charge on any atom is -0.487 e. The number of oxazole rings is 1. The number of nitrogens with zero attached hydrogens (tertiary/aromatic N) is 1. The summed E-state index contributed by atoms with van der Waals surface area (Å²) in [7, 11) is 0. The molecule has 0 spiro atoms. The Morgan fingerprint density at radius 3 is 2.48 bits per heavy atom. The van der Waals surface area contributed by atoms with E-state index in [0.29, 0.717) is 35.2 Å². The Balaban J connectivity index is 1.43. The van der Waals surface area contributed by atoms with Gasteiger partial charge < -0.3 is 14.5 Å². The van der Waals surface area contributed by atoms with Crippen LogP contribution < -0.4 is 10.1 Å². The van der Waals surface area contributed by atoms with Gasteiger partial charge in [-0.05, 0) is 68.4 Å². The fourth-order valence-electron chi connectivity index (χ4n) is 3.01. The third kappa shape index (κ3) is 4.98. The van der Waals surface area contributed by atoms with Crippen LogP contribution in [0, 0.1) is 19.7 Å². The Morgan fingerprint density at radius 2 is 1.77 bits per heavy atom. The molecule has 0 aliphatic rings. The summed E-state index contributed by atoms with van der Waals surface area (Å²) in [6, 6.07) is 20.4. The number of nitrogens with one attached hydrogen (secondary N) is 1. The summed E-state index contributed by atoms with van der Waals surface area (Å²) in [5.41, 5.74) is 3.46. The Morgan fingerprint density at radius 1 is 1.03 bits per heavy atom. The Hall–Kier alpha value is -3.93. The van der Waals surface area contributed by atoms with Crippen LogP contribution in [0.2, 0.25) is 0 Å². The van der Waals surface area contributed by atoms with E-state index in [1.807, 2.05) is 38.1 Å². The summed E-state index contributed by atoms with van der Waals surface area (Å²) < 4.78 is 24.9. The predicted octanol–water partition coefficient (Wildman–Crippen LogP) is 5.93. The van der Waals surface area contributed by atoms with Gasteiger partial charge in [0.25, 0.3) is 5.91 Å². The number of hydrogen-bond donors (Lipinski definition) is 1. The first kappa shape index (κ1) is 20.3. The molecule has 0 saturated carbocycles. The van der Waals surface area contributed by atoms with E-state index in [4.69, 9.17) is 9.15 Å².